The highest BCUT2D eigenvalue weighted by Gasteiger charge is 2.20. The zero-order valence-electron chi connectivity index (χ0n) is 13.5. The number of carbonyl (C=O) groups excluding carboxylic acids is 2. The van der Waals surface area contributed by atoms with Crippen LogP contribution in [0.5, 0.6) is 5.75 Å². The van der Waals surface area contributed by atoms with Crippen molar-refractivity contribution in [3.8, 4) is 5.75 Å². The number of esters is 1. The normalized spacial score (nSPS) is 11.0. The zero-order chi connectivity index (χ0) is 18.6. The summed E-state index contributed by atoms with van der Waals surface area (Å²) in [6.45, 7) is -0.650. The lowest BCUT2D eigenvalue weighted by molar-refractivity contribution is 0.0471. The van der Waals surface area contributed by atoms with Crippen LogP contribution in [0.25, 0.3) is 0 Å². The number of hydrogen-bond donors (Lipinski definition) is 0. The maximum Gasteiger partial charge on any atom is 0.339 e. The van der Waals surface area contributed by atoms with E-state index in [1.165, 1.54) is 43.5 Å². The van der Waals surface area contributed by atoms with Crippen molar-refractivity contribution in [2.75, 3.05) is 20.0 Å². The maximum atomic E-state index is 13.6. The molecule has 0 aliphatic heterocycles. The Hall–Kier alpha value is -2.74. The van der Waals surface area contributed by atoms with E-state index in [0.717, 1.165) is 12.3 Å². The second-order valence-electron chi connectivity index (χ2n) is 5.12. The van der Waals surface area contributed by atoms with Crippen LogP contribution in [0.4, 0.5) is 4.39 Å². The molecule has 2 rings (SSSR count). The molecule has 25 heavy (non-hydrogen) atoms. The minimum atomic E-state index is -3.63. The highest BCUT2D eigenvalue weighted by atomic mass is 32.2. The average Bonchev–Trinajstić information content (AvgIpc) is 2.58. The van der Waals surface area contributed by atoms with Crippen LogP contribution in [0.15, 0.2) is 47.4 Å². The van der Waals surface area contributed by atoms with Crippen molar-refractivity contribution in [2.45, 2.75) is 4.90 Å². The first-order valence-corrected chi connectivity index (χ1v) is 8.96. The summed E-state index contributed by atoms with van der Waals surface area (Å²) in [7, 11) is -2.34. The van der Waals surface area contributed by atoms with Crippen molar-refractivity contribution in [1.29, 1.82) is 0 Å². The van der Waals surface area contributed by atoms with E-state index in [-0.39, 0.29) is 21.8 Å². The van der Waals surface area contributed by atoms with Gasteiger partial charge in [-0.3, -0.25) is 4.79 Å². The molecular formula is C17H15FO6S. The molecule has 132 valence electrons. The van der Waals surface area contributed by atoms with E-state index in [1.54, 1.807) is 0 Å². The number of rotatable bonds is 6. The van der Waals surface area contributed by atoms with Crippen molar-refractivity contribution < 1.29 is 31.9 Å². The van der Waals surface area contributed by atoms with Crippen LogP contribution in [-0.4, -0.2) is 40.1 Å². The quantitative estimate of drug-likeness (QED) is 0.576. The topological polar surface area (TPSA) is 86.7 Å². The summed E-state index contributed by atoms with van der Waals surface area (Å²) in [6, 6.07) is 9.10. The summed E-state index contributed by atoms with van der Waals surface area (Å²) in [6.07, 6.45) is 0.963. The summed E-state index contributed by atoms with van der Waals surface area (Å²) in [5.41, 5.74) is -0.166. The molecule has 6 nitrogen and oxygen atoms in total. The number of Topliss-reactive ketones (excluding diaryl/α,β-unsaturated/α-hetero) is 1. The molecule has 0 aliphatic carbocycles. The van der Waals surface area contributed by atoms with Crippen LogP contribution in [-0.2, 0) is 14.6 Å². The largest absolute Gasteiger partial charge is 0.494 e. The lowest BCUT2D eigenvalue weighted by Crippen LogP contribution is -2.16. The minimum Gasteiger partial charge on any atom is -0.494 e. The van der Waals surface area contributed by atoms with Crippen LogP contribution in [0.1, 0.15) is 20.7 Å². The predicted octanol–water partition coefficient (Wildman–Crippen LogP) is 2.28. The van der Waals surface area contributed by atoms with Crippen LogP contribution in [0, 0.1) is 5.82 Å². The molecule has 0 N–H and O–H groups in total. The number of halogens is 1. The van der Waals surface area contributed by atoms with E-state index in [2.05, 4.69) is 0 Å². The summed E-state index contributed by atoms with van der Waals surface area (Å²) in [5, 5.41) is 0. The summed E-state index contributed by atoms with van der Waals surface area (Å²) >= 11 is 0. The third-order valence-corrected chi connectivity index (χ3v) is 4.47. The first-order chi connectivity index (χ1) is 11.7. The molecule has 0 bridgehead atoms. The first kappa shape index (κ1) is 18.6. The number of ketones is 1. The van der Waals surface area contributed by atoms with Crippen molar-refractivity contribution >= 4 is 21.6 Å². The highest BCUT2D eigenvalue weighted by Crippen LogP contribution is 2.19. The Kier molecular flexibility index (Phi) is 5.53. The van der Waals surface area contributed by atoms with Crippen molar-refractivity contribution in [2.24, 2.45) is 0 Å². The van der Waals surface area contributed by atoms with Gasteiger partial charge in [-0.1, -0.05) is 12.1 Å². The van der Waals surface area contributed by atoms with Gasteiger partial charge in [-0.05, 0) is 30.3 Å². The number of ether oxygens (including phenoxy) is 2. The van der Waals surface area contributed by atoms with Gasteiger partial charge in [0.2, 0.25) is 0 Å². The molecule has 0 saturated carbocycles. The summed E-state index contributed by atoms with van der Waals surface area (Å²) in [4.78, 5) is 23.9. The van der Waals surface area contributed by atoms with Crippen molar-refractivity contribution in [1.82, 2.24) is 0 Å². The van der Waals surface area contributed by atoms with E-state index in [4.69, 9.17) is 9.47 Å². The number of carbonyl (C=O) groups is 2. The van der Waals surface area contributed by atoms with Crippen molar-refractivity contribution in [3.05, 3.63) is 59.4 Å². The lowest BCUT2D eigenvalue weighted by atomic mass is 10.1. The molecule has 0 spiro atoms. The van der Waals surface area contributed by atoms with Gasteiger partial charge in [0.25, 0.3) is 0 Å². The molecular weight excluding hydrogens is 351 g/mol. The second-order valence-corrected chi connectivity index (χ2v) is 7.10. The zero-order valence-corrected chi connectivity index (χ0v) is 14.3. The van der Waals surface area contributed by atoms with Gasteiger partial charge in [-0.15, -0.1) is 0 Å². The molecule has 2 aromatic rings. The van der Waals surface area contributed by atoms with Gasteiger partial charge in [0, 0.05) is 11.8 Å². The molecule has 0 radical (unpaired) electrons. The van der Waals surface area contributed by atoms with Crippen LogP contribution in [0.2, 0.25) is 0 Å². The SMILES string of the molecule is COc1ccc(C(=O)COC(=O)c2ccccc2S(C)(=O)=O)cc1F. The molecule has 0 aromatic heterocycles. The Bertz CT molecular complexity index is 920. The fourth-order valence-corrected chi connectivity index (χ4v) is 2.97. The van der Waals surface area contributed by atoms with E-state index in [1.807, 2.05) is 0 Å². The molecule has 0 aliphatic rings. The molecule has 0 heterocycles. The number of methoxy groups -OCH3 is 1. The highest BCUT2D eigenvalue weighted by molar-refractivity contribution is 7.90. The van der Waals surface area contributed by atoms with Crippen LogP contribution < -0.4 is 4.74 Å². The van der Waals surface area contributed by atoms with E-state index in [0.29, 0.717) is 0 Å². The molecule has 0 fully saturated rings. The minimum absolute atomic E-state index is 0.00231. The van der Waals surface area contributed by atoms with E-state index < -0.39 is 34.0 Å². The van der Waals surface area contributed by atoms with Crippen LogP contribution in [0.3, 0.4) is 0 Å². The standard InChI is InChI=1S/C17H15FO6S/c1-23-15-8-7-11(9-13(15)18)14(19)10-24-17(20)12-5-3-4-6-16(12)25(2,21)22/h3-9H,10H2,1-2H3. The van der Waals surface area contributed by atoms with Gasteiger partial charge in [0.1, 0.15) is 0 Å². The summed E-state index contributed by atoms with van der Waals surface area (Å²) < 4.78 is 46.6. The fourth-order valence-electron chi connectivity index (χ4n) is 2.09. The Morgan fingerprint density at radius 1 is 1.12 bits per heavy atom. The fraction of sp³-hybridized carbons (Fsp3) is 0.176. The Labute approximate surface area is 144 Å². The average molecular weight is 366 g/mol. The van der Waals surface area contributed by atoms with E-state index in [9.17, 15) is 22.4 Å². The first-order valence-electron chi connectivity index (χ1n) is 7.07. The number of benzene rings is 2. The molecule has 0 amide bonds. The molecule has 8 heteroatoms. The summed E-state index contributed by atoms with van der Waals surface area (Å²) in [5.74, 6) is -2.33. The third kappa shape index (κ3) is 4.42. The van der Waals surface area contributed by atoms with Crippen molar-refractivity contribution in [3.63, 3.8) is 0 Å². The van der Waals surface area contributed by atoms with E-state index >= 15 is 0 Å². The van der Waals surface area contributed by atoms with Crippen LogP contribution >= 0.6 is 0 Å². The molecule has 0 unspecified atom stereocenters. The maximum absolute atomic E-state index is 13.6. The number of hydrogen-bond acceptors (Lipinski definition) is 6. The third-order valence-electron chi connectivity index (χ3n) is 3.31. The predicted molar refractivity (Wildman–Crippen MR) is 87.1 cm³/mol. The molecule has 2 aromatic carbocycles. The lowest BCUT2D eigenvalue weighted by Gasteiger charge is -2.08. The van der Waals surface area contributed by atoms with Gasteiger partial charge in [0.05, 0.1) is 17.6 Å². The van der Waals surface area contributed by atoms with Gasteiger partial charge in [0.15, 0.2) is 33.8 Å². The monoisotopic (exact) mass is 366 g/mol. The number of sulfone groups is 1. The Morgan fingerprint density at radius 2 is 1.80 bits per heavy atom. The Morgan fingerprint density at radius 3 is 2.40 bits per heavy atom. The second kappa shape index (κ2) is 7.43. The molecule has 0 saturated heterocycles. The van der Waals surface area contributed by atoms with Gasteiger partial charge in [-0.25, -0.2) is 17.6 Å². The Balaban J connectivity index is 2.13. The molecule has 0 atom stereocenters. The van der Waals surface area contributed by atoms with Gasteiger partial charge < -0.3 is 9.47 Å². The van der Waals surface area contributed by atoms with Gasteiger partial charge in [-0.2, -0.15) is 0 Å². The van der Waals surface area contributed by atoms with Gasteiger partial charge >= 0.3 is 5.97 Å². The smallest absolute Gasteiger partial charge is 0.339 e.